The van der Waals surface area contributed by atoms with Gasteiger partial charge in [-0.25, -0.2) is 4.68 Å². The molecule has 0 aliphatic carbocycles. The monoisotopic (exact) mass is 209 g/mol. The molecule has 0 spiro atoms. The van der Waals surface area contributed by atoms with Crippen molar-refractivity contribution in [3.63, 3.8) is 0 Å². The van der Waals surface area contributed by atoms with Gasteiger partial charge < -0.3 is 0 Å². The van der Waals surface area contributed by atoms with Crippen LogP contribution in [0.25, 0.3) is 0 Å². The lowest BCUT2D eigenvalue weighted by Gasteiger charge is -2.08. The van der Waals surface area contributed by atoms with Crippen molar-refractivity contribution in [2.45, 2.75) is 53.5 Å². The molecule has 3 nitrogen and oxygen atoms in total. The molecule has 1 aromatic heterocycles. The lowest BCUT2D eigenvalue weighted by Crippen LogP contribution is -2.08. The van der Waals surface area contributed by atoms with E-state index in [9.17, 15) is 0 Å². The van der Waals surface area contributed by atoms with Gasteiger partial charge in [0.05, 0.1) is 11.9 Å². The lowest BCUT2D eigenvalue weighted by molar-refractivity contribution is 0.459. The largest absolute Gasteiger partial charge is 0.249 e. The molecular weight excluding hydrogens is 186 g/mol. The van der Waals surface area contributed by atoms with Gasteiger partial charge in [0, 0.05) is 6.54 Å². The molecule has 0 aromatic carbocycles. The van der Waals surface area contributed by atoms with Crippen LogP contribution in [0.3, 0.4) is 0 Å². The Kier molecular flexibility index (Phi) is 4.79. The third-order valence-corrected chi connectivity index (χ3v) is 2.59. The first-order chi connectivity index (χ1) is 7.09. The molecule has 1 rings (SSSR count). The third-order valence-electron chi connectivity index (χ3n) is 2.59. The Morgan fingerprint density at radius 1 is 1.13 bits per heavy atom. The van der Waals surface area contributed by atoms with E-state index < -0.39 is 0 Å². The van der Waals surface area contributed by atoms with Crippen LogP contribution in [0.15, 0.2) is 6.20 Å². The van der Waals surface area contributed by atoms with E-state index in [1.807, 2.05) is 6.20 Å². The quantitative estimate of drug-likeness (QED) is 0.721. The molecule has 1 heterocycles. The Bertz CT molecular complexity index is 250. The molecule has 1 aromatic rings. The maximum atomic E-state index is 4.13. The molecule has 0 unspecified atom stereocenters. The van der Waals surface area contributed by atoms with Gasteiger partial charge in [-0.3, -0.25) is 0 Å². The van der Waals surface area contributed by atoms with Crippen LogP contribution < -0.4 is 0 Å². The number of aromatic nitrogens is 3. The molecule has 0 N–H and O–H groups in total. The van der Waals surface area contributed by atoms with Gasteiger partial charge in [0.25, 0.3) is 0 Å². The minimum atomic E-state index is 0.729. The summed E-state index contributed by atoms with van der Waals surface area (Å²) < 4.78 is 2.06. The SMILES string of the molecule is CC(C)CCc1cnnn1CCC(C)C. The van der Waals surface area contributed by atoms with E-state index in [0.717, 1.165) is 24.8 Å². The summed E-state index contributed by atoms with van der Waals surface area (Å²) in [6, 6.07) is 0. The number of hydrogen-bond acceptors (Lipinski definition) is 2. The molecule has 0 aliphatic heterocycles. The highest BCUT2D eigenvalue weighted by atomic mass is 15.4. The Labute approximate surface area is 92.9 Å². The van der Waals surface area contributed by atoms with E-state index in [1.54, 1.807) is 0 Å². The molecule has 0 aliphatic rings. The minimum absolute atomic E-state index is 0.729. The molecule has 86 valence electrons. The van der Waals surface area contributed by atoms with Crippen LogP contribution in [0.5, 0.6) is 0 Å². The Morgan fingerprint density at radius 2 is 1.80 bits per heavy atom. The summed E-state index contributed by atoms with van der Waals surface area (Å²) in [6.07, 6.45) is 5.40. The summed E-state index contributed by atoms with van der Waals surface area (Å²) in [7, 11) is 0. The van der Waals surface area contributed by atoms with Gasteiger partial charge in [0.15, 0.2) is 0 Å². The Balaban J connectivity index is 2.46. The second-order valence-electron chi connectivity index (χ2n) is 5.06. The highest BCUT2D eigenvalue weighted by molar-refractivity contribution is 4.94. The first kappa shape index (κ1) is 12.2. The Morgan fingerprint density at radius 3 is 2.40 bits per heavy atom. The topological polar surface area (TPSA) is 30.7 Å². The summed E-state index contributed by atoms with van der Waals surface area (Å²) in [4.78, 5) is 0. The minimum Gasteiger partial charge on any atom is -0.249 e. The molecule has 0 saturated carbocycles. The van der Waals surface area contributed by atoms with E-state index in [1.165, 1.54) is 18.5 Å². The fraction of sp³-hybridized carbons (Fsp3) is 0.833. The zero-order valence-corrected chi connectivity index (χ0v) is 10.4. The maximum absolute atomic E-state index is 4.13. The van der Waals surface area contributed by atoms with Crippen molar-refractivity contribution in [1.29, 1.82) is 0 Å². The molecule has 0 radical (unpaired) electrons. The van der Waals surface area contributed by atoms with E-state index in [2.05, 4.69) is 42.7 Å². The van der Waals surface area contributed by atoms with Gasteiger partial charge in [0.1, 0.15) is 0 Å². The third kappa shape index (κ3) is 4.45. The van der Waals surface area contributed by atoms with E-state index in [4.69, 9.17) is 0 Å². The molecule has 15 heavy (non-hydrogen) atoms. The van der Waals surface area contributed by atoms with Gasteiger partial charge in [-0.2, -0.15) is 0 Å². The van der Waals surface area contributed by atoms with Crippen molar-refractivity contribution < 1.29 is 0 Å². The summed E-state index contributed by atoms with van der Waals surface area (Å²) in [5.41, 5.74) is 1.28. The highest BCUT2D eigenvalue weighted by Crippen LogP contribution is 2.09. The van der Waals surface area contributed by atoms with Crippen molar-refractivity contribution in [3.8, 4) is 0 Å². The number of rotatable bonds is 6. The standard InChI is InChI=1S/C12H23N3/c1-10(2)5-6-12-9-13-14-15(12)8-7-11(3)4/h9-11H,5-8H2,1-4H3. The zero-order chi connectivity index (χ0) is 11.3. The van der Waals surface area contributed by atoms with Crippen LogP contribution in [0.4, 0.5) is 0 Å². The molecule has 0 fully saturated rings. The van der Waals surface area contributed by atoms with Crippen LogP contribution >= 0.6 is 0 Å². The second kappa shape index (κ2) is 5.89. The van der Waals surface area contributed by atoms with Gasteiger partial charge in [-0.05, 0) is 31.1 Å². The van der Waals surface area contributed by atoms with Crippen molar-refractivity contribution in [3.05, 3.63) is 11.9 Å². The molecule has 3 heteroatoms. The molecule has 0 saturated heterocycles. The summed E-state index contributed by atoms with van der Waals surface area (Å²) in [6.45, 7) is 9.99. The smallest absolute Gasteiger partial charge is 0.0725 e. The van der Waals surface area contributed by atoms with E-state index in [0.29, 0.717) is 0 Å². The Hall–Kier alpha value is -0.860. The van der Waals surface area contributed by atoms with Gasteiger partial charge >= 0.3 is 0 Å². The van der Waals surface area contributed by atoms with Gasteiger partial charge in [0.2, 0.25) is 0 Å². The van der Waals surface area contributed by atoms with Crippen molar-refractivity contribution in [2.75, 3.05) is 0 Å². The first-order valence-corrected chi connectivity index (χ1v) is 5.97. The second-order valence-corrected chi connectivity index (χ2v) is 5.06. The van der Waals surface area contributed by atoms with Gasteiger partial charge in [-0.15, -0.1) is 5.10 Å². The predicted molar refractivity (Wildman–Crippen MR) is 62.6 cm³/mol. The average molecular weight is 209 g/mol. The van der Waals surface area contributed by atoms with Crippen LogP contribution in [0.1, 0.15) is 46.2 Å². The number of nitrogens with zero attached hydrogens (tertiary/aromatic N) is 3. The van der Waals surface area contributed by atoms with Crippen LogP contribution in [0.2, 0.25) is 0 Å². The molecule has 0 bridgehead atoms. The summed E-state index contributed by atoms with van der Waals surface area (Å²) in [5, 5.41) is 8.12. The molecule has 0 atom stereocenters. The zero-order valence-electron chi connectivity index (χ0n) is 10.4. The van der Waals surface area contributed by atoms with E-state index in [-0.39, 0.29) is 0 Å². The average Bonchev–Trinajstić information content (AvgIpc) is 2.58. The lowest BCUT2D eigenvalue weighted by atomic mass is 10.1. The maximum Gasteiger partial charge on any atom is 0.0725 e. The molecule has 0 amide bonds. The van der Waals surface area contributed by atoms with E-state index >= 15 is 0 Å². The van der Waals surface area contributed by atoms with Crippen LogP contribution in [0, 0.1) is 11.8 Å². The van der Waals surface area contributed by atoms with Gasteiger partial charge in [-0.1, -0.05) is 32.9 Å². The van der Waals surface area contributed by atoms with Crippen LogP contribution in [-0.4, -0.2) is 15.0 Å². The number of aryl methyl sites for hydroxylation is 2. The molecular formula is C12H23N3. The normalized spacial score (nSPS) is 11.6. The highest BCUT2D eigenvalue weighted by Gasteiger charge is 2.05. The van der Waals surface area contributed by atoms with Crippen molar-refractivity contribution in [2.24, 2.45) is 11.8 Å². The van der Waals surface area contributed by atoms with Crippen LogP contribution in [-0.2, 0) is 13.0 Å². The summed E-state index contributed by atoms with van der Waals surface area (Å²) >= 11 is 0. The summed E-state index contributed by atoms with van der Waals surface area (Å²) in [5.74, 6) is 1.48. The predicted octanol–water partition coefficient (Wildman–Crippen LogP) is 2.91. The fourth-order valence-electron chi connectivity index (χ4n) is 1.48. The first-order valence-electron chi connectivity index (χ1n) is 5.97. The van der Waals surface area contributed by atoms with Crippen molar-refractivity contribution >= 4 is 0 Å². The van der Waals surface area contributed by atoms with Crippen molar-refractivity contribution in [1.82, 2.24) is 15.0 Å². The fourth-order valence-corrected chi connectivity index (χ4v) is 1.48. The number of hydrogen-bond donors (Lipinski definition) is 0.